The van der Waals surface area contributed by atoms with Crippen LogP contribution in [0.5, 0.6) is 0 Å². The fourth-order valence-electron chi connectivity index (χ4n) is 2.59. The number of ketones is 1. The van der Waals surface area contributed by atoms with Crippen molar-refractivity contribution in [3.05, 3.63) is 35.9 Å². The molecule has 0 saturated heterocycles. The molecule has 0 fully saturated rings. The lowest BCUT2D eigenvalue weighted by Gasteiger charge is -2.19. The molecule has 4 amide bonds. The van der Waals surface area contributed by atoms with Gasteiger partial charge >= 0.3 is 0 Å². The van der Waals surface area contributed by atoms with E-state index >= 15 is 0 Å². The van der Waals surface area contributed by atoms with E-state index in [-0.39, 0.29) is 56.3 Å². The van der Waals surface area contributed by atoms with Crippen LogP contribution in [-0.4, -0.2) is 67.7 Å². The number of amides is 4. The molecule has 0 aliphatic rings. The van der Waals surface area contributed by atoms with Gasteiger partial charge in [0.05, 0.1) is 26.2 Å². The zero-order chi connectivity index (χ0) is 24.8. The van der Waals surface area contributed by atoms with Crippen molar-refractivity contribution in [3.8, 4) is 0 Å². The predicted molar refractivity (Wildman–Crippen MR) is 124 cm³/mol. The van der Waals surface area contributed by atoms with E-state index in [9.17, 15) is 24.0 Å². The van der Waals surface area contributed by atoms with Crippen LogP contribution in [0.25, 0.3) is 0 Å². The number of carbonyl (C=O) groups is 5. The van der Waals surface area contributed by atoms with E-state index in [0.29, 0.717) is 0 Å². The Hall–Kier alpha value is -3.27. The largest absolute Gasteiger partial charge is 0.347 e. The highest BCUT2D eigenvalue weighted by Crippen LogP contribution is 2.03. The Morgan fingerprint density at radius 3 is 1.91 bits per heavy atom. The number of hydrogen-bond acceptors (Lipinski definition) is 6. The van der Waals surface area contributed by atoms with Gasteiger partial charge in [0.2, 0.25) is 23.6 Å². The molecule has 1 unspecified atom stereocenters. The van der Waals surface area contributed by atoms with Gasteiger partial charge in [0.15, 0.2) is 5.78 Å². The molecule has 0 aliphatic carbocycles. The summed E-state index contributed by atoms with van der Waals surface area (Å²) in [5.41, 5.74) is 0.815. The van der Waals surface area contributed by atoms with Crippen LogP contribution in [0.2, 0.25) is 0 Å². The molecule has 0 heterocycles. The van der Waals surface area contributed by atoms with E-state index in [1.165, 1.54) is 0 Å². The average molecular weight is 462 g/mol. The first-order chi connectivity index (χ1) is 15.6. The van der Waals surface area contributed by atoms with Crippen molar-refractivity contribution in [2.24, 2.45) is 5.92 Å². The summed E-state index contributed by atoms with van der Waals surface area (Å²) < 4.78 is 0. The van der Waals surface area contributed by atoms with Crippen LogP contribution in [0.1, 0.15) is 33.3 Å². The molecule has 0 aromatic heterocycles. The molecule has 1 rings (SSSR count). The first-order valence-corrected chi connectivity index (χ1v) is 11.0. The van der Waals surface area contributed by atoms with Crippen molar-refractivity contribution in [3.63, 3.8) is 0 Å². The predicted octanol–water partition coefficient (Wildman–Crippen LogP) is -0.714. The molecule has 0 aliphatic heterocycles. The Morgan fingerprint density at radius 2 is 1.30 bits per heavy atom. The zero-order valence-electron chi connectivity index (χ0n) is 19.7. The van der Waals surface area contributed by atoms with Crippen molar-refractivity contribution < 1.29 is 24.0 Å². The quantitative estimate of drug-likeness (QED) is 0.247. The SMILES string of the molecule is CC(C)NCC(=O)NCC(=O)NC(Cc1ccccc1)C(=O)NCC(=O)NCC(=O)C(C)C. The second-order valence-corrected chi connectivity index (χ2v) is 8.24. The van der Waals surface area contributed by atoms with Gasteiger partial charge < -0.3 is 26.6 Å². The molecule has 0 spiro atoms. The first kappa shape index (κ1) is 27.8. The molecular weight excluding hydrogens is 426 g/mol. The third-order valence-electron chi connectivity index (χ3n) is 4.58. The van der Waals surface area contributed by atoms with E-state index in [1.807, 2.05) is 44.2 Å². The van der Waals surface area contributed by atoms with Gasteiger partial charge in [0, 0.05) is 18.4 Å². The van der Waals surface area contributed by atoms with Crippen LogP contribution < -0.4 is 26.6 Å². The second kappa shape index (κ2) is 14.7. The Labute approximate surface area is 194 Å². The summed E-state index contributed by atoms with van der Waals surface area (Å²) in [6.45, 7) is 6.62. The summed E-state index contributed by atoms with van der Waals surface area (Å²) in [6.07, 6.45) is 0.203. The number of benzene rings is 1. The highest BCUT2D eigenvalue weighted by atomic mass is 16.2. The van der Waals surface area contributed by atoms with Crippen molar-refractivity contribution in [1.82, 2.24) is 26.6 Å². The van der Waals surface area contributed by atoms with Crippen LogP contribution in [0.15, 0.2) is 30.3 Å². The highest BCUT2D eigenvalue weighted by molar-refractivity contribution is 5.93. The summed E-state index contributed by atoms with van der Waals surface area (Å²) in [6, 6.07) is 8.27. The molecule has 182 valence electrons. The summed E-state index contributed by atoms with van der Waals surface area (Å²) in [4.78, 5) is 60.4. The van der Waals surface area contributed by atoms with Crippen molar-refractivity contribution in [1.29, 1.82) is 0 Å². The Bertz CT molecular complexity index is 811. The standard InChI is InChI=1S/C23H35N5O5/c1-15(2)19(29)11-25-21(31)13-27-23(33)18(10-17-8-6-5-7-9-17)28-22(32)14-26-20(30)12-24-16(3)4/h5-9,15-16,18,24H,10-14H2,1-4H3,(H,25,31)(H,26,30)(H,27,33)(H,28,32). The van der Waals surface area contributed by atoms with E-state index < -0.39 is 23.8 Å². The Kier molecular flexibility index (Phi) is 12.4. The van der Waals surface area contributed by atoms with Gasteiger partial charge in [-0.3, -0.25) is 24.0 Å². The average Bonchev–Trinajstić information content (AvgIpc) is 2.78. The molecule has 1 atom stereocenters. The van der Waals surface area contributed by atoms with Gasteiger partial charge in [0.1, 0.15) is 6.04 Å². The normalized spacial score (nSPS) is 11.6. The number of carbonyl (C=O) groups excluding carboxylic acids is 5. The van der Waals surface area contributed by atoms with E-state index in [0.717, 1.165) is 5.56 Å². The highest BCUT2D eigenvalue weighted by Gasteiger charge is 2.22. The van der Waals surface area contributed by atoms with Gasteiger partial charge in [-0.25, -0.2) is 0 Å². The van der Waals surface area contributed by atoms with Crippen LogP contribution in [-0.2, 0) is 30.4 Å². The summed E-state index contributed by atoms with van der Waals surface area (Å²) >= 11 is 0. The maximum Gasteiger partial charge on any atom is 0.243 e. The molecule has 1 aromatic rings. The minimum Gasteiger partial charge on any atom is -0.347 e. The molecular formula is C23H35N5O5. The second-order valence-electron chi connectivity index (χ2n) is 8.24. The van der Waals surface area contributed by atoms with Crippen molar-refractivity contribution in [2.75, 3.05) is 26.2 Å². The lowest BCUT2D eigenvalue weighted by atomic mass is 10.1. The summed E-state index contributed by atoms with van der Waals surface area (Å²) in [5, 5.41) is 13.0. The molecule has 10 nitrogen and oxygen atoms in total. The fraction of sp³-hybridized carbons (Fsp3) is 0.522. The minimum atomic E-state index is -0.948. The number of Topliss-reactive ketones (excluding diaryl/α,β-unsaturated/α-hetero) is 1. The van der Waals surface area contributed by atoms with Gasteiger partial charge in [-0.15, -0.1) is 0 Å². The smallest absolute Gasteiger partial charge is 0.243 e. The molecule has 0 radical (unpaired) electrons. The number of hydrogen-bond donors (Lipinski definition) is 5. The van der Waals surface area contributed by atoms with E-state index in [4.69, 9.17) is 0 Å². The lowest BCUT2D eigenvalue weighted by Crippen LogP contribution is -2.52. The van der Waals surface area contributed by atoms with Crippen LogP contribution in [0.4, 0.5) is 0 Å². The molecule has 5 N–H and O–H groups in total. The van der Waals surface area contributed by atoms with E-state index in [2.05, 4.69) is 26.6 Å². The molecule has 0 saturated carbocycles. The van der Waals surface area contributed by atoms with Crippen LogP contribution >= 0.6 is 0 Å². The van der Waals surface area contributed by atoms with E-state index in [1.54, 1.807) is 13.8 Å². The Morgan fingerprint density at radius 1 is 0.727 bits per heavy atom. The topological polar surface area (TPSA) is 146 Å². The van der Waals surface area contributed by atoms with Crippen molar-refractivity contribution in [2.45, 2.75) is 46.2 Å². The fourth-order valence-corrected chi connectivity index (χ4v) is 2.59. The lowest BCUT2D eigenvalue weighted by molar-refractivity contribution is -0.131. The van der Waals surface area contributed by atoms with Crippen LogP contribution in [0, 0.1) is 5.92 Å². The summed E-state index contributed by atoms with van der Waals surface area (Å²) in [5.74, 6) is -2.24. The van der Waals surface area contributed by atoms with Crippen molar-refractivity contribution >= 4 is 29.4 Å². The third kappa shape index (κ3) is 12.4. The minimum absolute atomic E-state index is 0.0767. The first-order valence-electron chi connectivity index (χ1n) is 11.0. The molecule has 0 bridgehead atoms. The van der Waals surface area contributed by atoms with Crippen LogP contribution in [0.3, 0.4) is 0 Å². The van der Waals surface area contributed by atoms with Gasteiger partial charge in [-0.05, 0) is 5.56 Å². The van der Waals surface area contributed by atoms with Gasteiger partial charge in [0.25, 0.3) is 0 Å². The summed E-state index contributed by atoms with van der Waals surface area (Å²) in [7, 11) is 0. The molecule has 1 aromatic carbocycles. The van der Waals surface area contributed by atoms with Gasteiger partial charge in [-0.1, -0.05) is 58.0 Å². The maximum absolute atomic E-state index is 12.7. The Balaban J connectivity index is 2.63. The number of rotatable bonds is 14. The molecule has 10 heteroatoms. The molecule has 33 heavy (non-hydrogen) atoms. The maximum atomic E-state index is 12.7. The zero-order valence-corrected chi connectivity index (χ0v) is 19.7. The third-order valence-corrected chi connectivity index (χ3v) is 4.58. The van der Waals surface area contributed by atoms with Gasteiger partial charge in [-0.2, -0.15) is 0 Å². The monoisotopic (exact) mass is 461 g/mol. The number of nitrogens with one attached hydrogen (secondary N) is 5.